The van der Waals surface area contributed by atoms with Gasteiger partial charge >= 0.3 is 0 Å². The fourth-order valence-electron chi connectivity index (χ4n) is 1.51. The van der Waals surface area contributed by atoms with Gasteiger partial charge in [0.25, 0.3) is 0 Å². The highest BCUT2D eigenvalue weighted by Crippen LogP contribution is 2.23. The summed E-state index contributed by atoms with van der Waals surface area (Å²) >= 11 is 11.8. The summed E-state index contributed by atoms with van der Waals surface area (Å²) in [6, 6.07) is 0. The molecule has 0 saturated heterocycles. The predicted molar refractivity (Wildman–Crippen MR) is 67.4 cm³/mol. The van der Waals surface area contributed by atoms with E-state index in [0.29, 0.717) is 17.4 Å². The third kappa shape index (κ3) is 2.87. The minimum absolute atomic E-state index is 0.183. The number of aryl methyl sites for hydroxylation is 1. The molecular formula is C10H11Cl2N5. The summed E-state index contributed by atoms with van der Waals surface area (Å²) in [5.74, 6) is 0.607. The van der Waals surface area contributed by atoms with Gasteiger partial charge < -0.3 is 4.90 Å². The first-order chi connectivity index (χ1) is 8.06. The van der Waals surface area contributed by atoms with Crippen LogP contribution in [-0.4, -0.2) is 26.8 Å². The summed E-state index contributed by atoms with van der Waals surface area (Å²) < 4.78 is 1.75. The second kappa shape index (κ2) is 4.89. The Morgan fingerprint density at radius 2 is 2.12 bits per heavy atom. The average molecular weight is 272 g/mol. The van der Waals surface area contributed by atoms with E-state index in [4.69, 9.17) is 23.2 Å². The number of hydrogen-bond donors (Lipinski definition) is 0. The van der Waals surface area contributed by atoms with E-state index in [-0.39, 0.29) is 5.28 Å². The van der Waals surface area contributed by atoms with Gasteiger partial charge in [-0.15, -0.1) is 0 Å². The molecule has 0 N–H and O–H groups in total. The van der Waals surface area contributed by atoms with Crippen molar-refractivity contribution in [3.8, 4) is 0 Å². The lowest BCUT2D eigenvalue weighted by Gasteiger charge is -2.18. The van der Waals surface area contributed by atoms with Crippen molar-refractivity contribution in [2.45, 2.75) is 6.54 Å². The first-order valence-electron chi connectivity index (χ1n) is 4.93. The molecule has 0 unspecified atom stereocenters. The van der Waals surface area contributed by atoms with Crippen molar-refractivity contribution in [3.05, 3.63) is 34.5 Å². The van der Waals surface area contributed by atoms with Crippen LogP contribution < -0.4 is 4.90 Å². The second-order valence-electron chi connectivity index (χ2n) is 3.69. The molecule has 0 aliphatic heterocycles. The molecule has 0 amide bonds. The number of anilines is 1. The van der Waals surface area contributed by atoms with Gasteiger partial charge in [0.05, 0.1) is 12.4 Å². The fraction of sp³-hybridized carbons (Fsp3) is 0.300. The summed E-state index contributed by atoms with van der Waals surface area (Å²) in [4.78, 5) is 9.80. The van der Waals surface area contributed by atoms with Gasteiger partial charge in [0.15, 0.2) is 5.82 Å². The Kier molecular flexibility index (Phi) is 3.49. The van der Waals surface area contributed by atoms with E-state index in [9.17, 15) is 0 Å². The van der Waals surface area contributed by atoms with E-state index in [1.807, 2.05) is 25.2 Å². The summed E-state index contributed by atoms with van der Waals surface area (Å²) in [6.45, 7) is 0.654. The lowest BCUT2D eigenvalue weighted by atomic mass is 10.3. The SMILES string of the molecule is CN(Cc1cnn(C)c1)c1nc(Cl)ncc1Cl. The van der Waals surface area contributed by atoms with Crippen molar-refractivity contribution >= 4 is 29.0 Å². The maximum Gasteiger partial charge on any atom is 0.224 e. The second-order valence-corrected chi connectivity index (χ2v) is 4.43. The molecule has 0 bridgehead atoms. The number of hydrogen-bond acceptors (Lipinski definition) is 4. The van der Waals surface area contributed by atoms with E-state index in [0.717, 1.165) is 5.56 Å². The first kappa shape index (κ1) is 12.1. The van der Waals surface area contributed by atoms with Crippen LogP contribution in [0.4, 0.5) is 5.82 Å². The zero-order valence-corrected chi connectivity index (χ0v) is 10.9. The Bertz CT molecular complexity index is 525. The molecule has 0 aromatic carbocycles. The minimum Gasteiger partial charge on any atom is -0.354 e. The molecule has 2 aromatic heterocycles. The normalized spacial score (nSPS) is 10.6. The summed E-state index contributed by atoms with van der Waals surface area (Å²) in [7, 11) is 3.76. The highest BCUT2D eigenvalue weighted by atomic mass is 35.5. The molecule has 0 radical (unpaired) electrons. The molecule has 0 aliphatic carbocycles. The van der Waals surface area contributed by atoms with Crippen LogP contribution in [0.5, 0.6) is 0 Å². The van der Waals surface area contributed by atoms with Gasteiger partial charge in [-0.3, -0.25) is 4.68 Å². The Morgan fingerprint density at radius 3 is 2.76 bits per heavy atom. The largest absolute Gasteiger partial charge is 0.354 e. The van der Waals surface area contributed by atoms with Gasteiger partial charge in [-0.05, 0) is 11.6 Å². The van der Waals surface area contributed by atoms with Gasteiger partial charge in [-0.1, -0.05) is 11.6 Å². The van der Waals surface area contributed by atoms with E-state index in [1.54, 1.807) is 10.9 Å². The summed E-state index contributed by atoms with van der Waals surface area (Å²) in [5, 5.41) is 4.76. The van der Waals surface area contributed by atoms with E-state index < -0.39 is 0 Å². The van der Waals surface area contributed by atoms with Crippen molar-refractivity contribution in [1.82, 2.24) is 19.7 Å². The lowest BCUT2D eigenvalue weighted by Crippen LogP contribution is -2.18. The van der Waals surface area contributed by atoms with Gasteiger partial charge in [0.2, 0.25) is 5.28 Å². The smallest absolute Gasteiger partial charge is 0.224 e. The monoisotopic (exact) mass is 271 g/mol. The van der Waals surface area contributed by atoms with Gasteiger partial charge in [-0.25, -0.2) is 4.98 Å². The van der Waals surface area contributed by atoms with Crippen LogP contribution in [0, 0.1) is 0 Å². The highest BCUT2D eigenvalue weighted by Gasteiger charge is 2.10. The molecule has 0 fully saturated rings. The average Bonchev–Trinajstić information content (AvgIpc) is 2.67. The van der Waals surface area contributed by atoms with Crippen LogP contribution >= 0.6 is 23.2 Å². The molecular weight excluding hydrogens is 261 g/mol. The molecule has 2 rings (SSSR count). The maximum absolute atomic E-state index is 6.02. The molecule has 7 heteroatoms. The molecule has 90 valence electrons. The number of nitrogens with zero attached hydrogens (tertiary/aromatic N) is 5. The van der Waals surface area contributed by atoms with E-state index in [2.05, 4.69) is 15.1 Å². The molecule has 17 heavy (non-hydrogen) atoms. The molecule has 2 aromatic rings. The van der Waals surface area contributed by atoms with E-state index >= 15 is 0 Å². The molecule has 0 saturated carbocycles. The molecule has 0 spiro atoms. The zero-order chi connectivity index (χ0) is 12.4. The third-order valence-corrected chi connectivity index (χ3v) is 2.68. The molecule has 5 nitrogen and oxygen atoms in total. The first-order valence-corrected chi connectivity index (χ1v) is 5.68. The predicted octanol–water partition coefficient (Wildman–Crippen LogP) is 2.15. The van der Waals surface area contributed by atoms with Crippen LogP contribution in [0.2, 0.25) is 10.3 Å². The zero-order valence-electron chi connectivity index (χ0n) is 9.43. The van der Waals surface area contributed by atoms with Crippen molar-refractivity contribution in [2.24, 2.45) is 7.05 Å². The third-order valence-electron chi connectivity index (χ3n) is 2.24. The summed E-state index contributed by atoms with van der Waals surface area (Å²) in [6.07, 6.45) is 5.23. The van der Waals surface area contributed by atoms with Crippen LogP contribution in [0.25, 0.3) is 0 Å². The maximum atomic E-state index is 6.02. The van der Waals surface area contributed by atoms with Gasteiger partial charge in [0, 0.05) is 32.4 Å². The van der Waals surface area contributed by atoms with Crippen molar-refractivity contribution in [3.63, 3.8) is 0 Å². The van der Waals surface area contributed by atoms with E-state index in [1.165, 1.54) is 6.20 Å². The minimum atomic E-state index is 0.183. The molecule has 2 heterocycles. The lowest BCUT2D eigenvalue weighted by molar-refractivity contribution is 0.766. The quantitative estimate of drug-likeness (QED) is 0.803. The Balaban J connectivity index is 2.19. The van der Waals surface area contributed by atoms with Crippen molar-refractivity contribution < 1.29 is 0 Å². The topological polar surface area (TPSA) is 46.8 Å². The highest BCUT2D eigenvalue weighted by molar-refractivity contribution is 6.33. The number of rotatable bonds is 3. The molecule has 0 atom stereocenters. The Hall–Kier alpha value is -1.33. The number of aromatic nitrogens is 4. The van der Waals surface area contributed by atoms with Gasteiger partial charge in [-0.2, -0.15) is 10.1 Å². The van der Waals surface area contributed by atoms with Crippen molar-refractivity contribution in [2.75, 3.05) is 11.9 Å². The van der Waals surface area contributed by atoms with Crippen LogP contribution in [0.3, 0.4) is 0 Å². The van der Waals surface area contributed by atoms with Crippen LogP contribution in [-0.2, 0) is 13.6 Å². The standard InChI is InChI=1S/C10H11Cl2N5/c1-16(5-7-3-14-17(2)6-7)9-8(11)4-13-10(12)15-9/h3-4,6H,5H2,1-2H3. The van der Waals surface area contributed by atoms with Crippen LogP contribution in [0.1, 0.15) is 5.56 Å². The summed E-state index contributed by atoms with van der Waals surface area (Å²) in [5.41, 5.74) is 1.07. The fourth-order valence-corrected chi connectivity index (χ4v) is 1.87. The van der Waals surface area contributed by atoms with Crippen LogP contribution in [0.15, 0.2) is 18.6 Å². The van der Waals surface area contributed by atoms with Gasteiger partial charge in [0.1, 0.15) is 5.02 Å². The Morgan fingerprint density at radius 1 is 1.35 bits per heavy atom. The molecule has 0 aliphatic rings. The Labute approximate surface area is 109 Å². The number of halogens is 2. The van der Waals surface area contributed by atoms with Crippen molar-refractivity contribution in [1.29, 1.82) is 0 Å².